The molecule has 0 atom stereocenters. The van der Waals surface area contributed by atoms with Gasteiger partial charge in [0, 0.05) is 12.5 Å². The van der Waals surface area contributed by atoms with Crippen molar-refractivity contribution in [2.24, 2.45) is 0 Å². The Labute approximate surface area is 138 Å². The van der Waals surface area contributed by atoms with Crippen LogP contribution in [0.2, 0.25) is 0 Å². The normalized spacial score (nSPS) is 9.79. The third kappa shape index (κ3) is 4.55. The summed E-state index contributed by atoms with van der Waals surface area (Å²) in [5.74, 6) is -0.0680. The van der Waals surface area contributed by atoms with Crippen LogP contribution in [0, 0.1) is 21.4 Å². The predicted octanol–water partition coefficient (Wildman–Crippen LogP) is 3.26. The number of hydrogen-bond acceptors (Lipinski definition) is 5. The SMILES string of the molecule is N#Cc1ccccc1NC(=O)CCCOc1ccccc1[N+](=O)[O-]. The van der Waals surface area contributed by atoms with Gasteiger partial charge in [0.2, 0.25) is 5.91 Å². The third-order valence-electron chi connectivity index (χ3n) is 3.19. The molecular weight excluding hydrogens is 310 g/mol. The minimum Gasteiger partial charge on any atom is -0.487 e. The number of anilines is 1. The minimum absolute atomic E-state index is 0.107. The average Bonchev–Trinajstić information content (AvgIpc) is 2.59. The van der Waals surface area contributed by atoms with Crippen molar-refractivity contribution in [2.75, 3.05) is 11.9 Å². The Kier molecular flexibility index (Phi) is 5.86. The highest BCUT2D eigenvalue weighted by atomic mass is 16.6. The highest BCUT2D eigenvalue weighted by Crippen LogP contribution is 2.25. The number of rotatable bonds is 7. The van der Waals surface area contributed by atoms with Crippen LogP contribution in [-0.2, 0) is 4.79 Å². The van der Waals surface area contributed by atoms with E-state index in [1.165, 1.54) is 12.1 Å². The summed E-state index contributed by atoms with van der Waals surface area (Å²) in [5.41, 5.74) is 0.747. The summed E-state index contributed by atoms with van der Waals surface area (Å²) < 4.78 is 5.37. The molecule has 122 valence electrons. The van der Waals surface area contributed by atoms with E-state index in [1.807, 2.05) is 6.07 Å². The lowest BCUT2D eigenvalue weighted by Gasteiger charge is -2.08. The van der Waals surface area contributed by atoms with Gasteiger partial charge in [0.05, 0.1) is 22.8 Å². The fourth-order valence-corrected chi connectivity index (χ4v) is 2.05. The summed E-state index contributed by atoms with van der Waals surface area (Å²) in [5, 5.41) is 22.5. The maximum atomic E-state index is 11.9. The number of carbonyl (C=O) groups is 1. The average molecular weight is 325 g/mol. The van der Waals surface area contributed by atoms with Crippen LogP contribution in [0.1, 0.15) is 18.4 Å². The number of hydrogen-bond donors (Lipinski definition) is 1. The van der Waals surface area contributed by atoms with E-state index in [2.05, 4.69) is 5.32 Å². The molecule has 0 aliphatic rings. The number of ether oxygens (including phenoxy) is 1. The van der Waals surface area contributed by atoms with Crippen molar-refractivity contribution in [1.29, 1.82) is 5.26 Å². The monoisotopic (exact) mass is 325 g/mol. The number of nitro groups is 1. The zero-order valence-electron chi connectivity index (χ0n) is 12.8. The molecule has 0 bridgehead atoms. The summed E-state index contributed by atoms with van der Waals surface area (Å²) in [4.78, 5) is 22.2. The second kappa shape index (κ2) is 8.29. The van der Waals surface area contributed by atoms with Gasteiger partial charge in [-0.25, -0.2) is 0 Å². The van der Waals surface area contributed by atoms with Crippen LogP contribution in [-0.4, -0.2) is 17.4 Å². The van der Waals surface area contributed by atoms with Crippen molar-refractivity contribution in [3.05, 3.63) is 64.2 Å². The van der Waals surface area contributed by atoms with E-state index in [4.69, 9.17) is 10.00 Å². The van der Waals surface area contributed by atoms with Crippen LogP contribution in [0.3, 0.4) is 0 Å². The van der Waals surface area contributed by atoms with Gasteiger partial charge in [-0.15, -0.1) is 0 Å². The van der Waals surface area contributed by atoms with Crippen LogP contribution in [0.15, 0.2) is 48.5 Å². The lowest BCUT2D eigenvalue weighted by atomic mass is 10.2. The molecule has 0 saturated heterocycles. The molecule has 0 aliphatic heterocycles. The fourth-order valence-electron chi connectivity index (χ4n) is 2.05. The van der Waals surface area contributed by atoms with Crippen LogP contribution in [0.5, 0.6) is 5.75 Å². The second-order valence-electron chi connectivity index (χ2n) is 4.88. The molecule has 0 aliphatic carbocycles. The Bertz CT molecular complexity index is 783. The molecule has 0 unspecified atom stereocenters. The molecule has 1 amide bonds. The van der Waals surface area contributed by atoms with E-state index < -0.39 is 4.92 Å². The topological polar surface area (TPSA) is 105 Å². The van der Waals surface area contributed by atoms with Gasteiger partial charge in [-0.05, 0) is 24.6 Å². The van der Waals surface area contributed by atoms with Crippen molar-refractivity contribution in [3.8, 4) is 11.8 Å². The molecule has 0 spiro atoms. The smallest absolute Gasteiger partial charge is 0.310 e. The predicted molar refractivity (Wildman–Crippen MR) is 87.6 cm³/mol. The number of amides is 1. The van der Waals surface area contributed by atoms with E-state index in [-0.39, 0.29) is 30.4 Å². The molecule has 2 aromatic carbocycles. The van der Waals surface area contributed by atoms with Crippen LogP contribution >= 0.6 is 0 Å². The Morgan fingerprint density at radius 2 is 1.92 bits per heavy atom. The van der Waals surface area contributed by atoms with Crippen molar-refractivity contribution in [1.82, 2.24) is 0 Å². The zero-order chi connectivity index (χ0) is 17.4. The summed E-state index contributed by atoms with van der Waals surface area (Å²) in [6, 6.07) is 14.8. The summed E-state index contributed by atoms with van der Waals surface area (Å²) in [7, 11) is 0. The van der Waals surface area contributed by atoms with Gasteiger partial charge in [0.1, 0.15) is 6.07 Å². The third-order valence-corrected chi connectivity index (χ3v) is 3.19. The van der Waals surface area contributed by atoms with Gasteiger partial charge in [-0.3, -0.25) is 14.9 Å². The Balaban J connectivity index is 1.82. The highest BCUT2D eigenvalue weighted by molar-refractivity contribution is 5.92. The largest absolute Gasteiger partial charge is 0.487 e. The number of nitriles is 1. The van der Waals surface area contributed by atoms with Gasteiger partial charge in [-0.1, -0.05) is 24.3 Å². The molecule has 7 heteroatoms. The first kappa shape index (κ1) is 17.0. The van der Waals surface area contributed by atoms with E-state index in [0.29, 0.717) is 17.7 Å². The lowest BCUT2D eigenvalue weighted by Crippen LogP contribution is -2.13. The van der Waals surface area contributed by atoms with Crippen molar-refractivity contribution >= 4 is 17.3 Å². The van der Waals surface area contributed by atoms with Crippen molar-refractivity contribution in [2.45, 2.75) is 12.8 Å². The van der Waals surface area contributed by atoms with Gasteiger partial charge >= 0.3 is 5.69 Å². The molecular formula is C17H15N3O4. The Hall–Kier alpha value is -3.40. The molecule has 2 rings (SSSR count). The quantitative estimate of drug-likeness (QED) is 0.478. The maximum Gasteiger partial charge on any atom is 0.310 e. The van der Waals surface area contributed by atoms with E-state index in [1.54, 1.807) is 36.4 Å². The number of nitrogens with one attached hydrogen (secondary N) is 1. The first-order chi connectivity index (χ1) is 11.6. The number of carbonyl (C=O) groups excluding carboxylic acids is 1. The van der Waals surface area contributed by atoms with Gasteiger partial charge in [0.25, 0.3) is 0 Å². The van der Waals surface area contributed by atoms with Crippen LogP contribution in [0.4, 0.5) is 11.4 Å². The highest BCUT2D eigenvalue weighted by Gasteiger charge is 2.13. The maximum absolute atomic E-state index is 11.9. The molecule has 1 N–H and O–H groups in total. The molecule has 0 heterocycles. The molecule has 0 aromatic heterocycles. The van der Waals surface area contributed by atoms with Crippen molar-refractivity contribution < 1.29 is 14.5 Å². The van der Waals surface area contributed by atoms with Crippen LogP contribution in [0.25, 0.3) is 0 Å². The zero-order valence-corrected chi connectivity index (χ0v) is 12.8. The Morgan fingerprint density at radius 3 is 2.67 bits per heavy atom. The summed E-state index contributed by atoms with van der Waals surface area (Å²) >= 11 is 0. The van der Waals surface area contributed by atoms with Gasteiger partial charge in [0.15, 0.2) is 5.75 Å². The van der Waals surface area contributed by atoms with Gasteiger partial charge in [-0.2, -0.15) is 5.26 Å². The first-order valence-corrected chi connectivity index (χ1v) is 7.27. The summed E-state index contributed by atoms with van der Waals surface area (Å²) in [6.45, 7) is 0.179. The summed E-state index contributed by atoms with van der Waals surface area (Å²) in [6.07, 6.45) is 0.576. The number of nitro benzene ring substituents is 1. The van der Waals surface area contributed by atoms with Gasteiger partial charge < -0.3 is 10.1 Å². The standard InChI is InChI=1S/C17H15N3O4/c18-12-13-6-1-2-7-14(13)19-17(21)10-5-11-24-16-9-4-3-8-15(16)20(22)23/h1-4,6-9H,5,10-11H2,(H,19,21). The van der Waals surface area contributed by atoms with Crippen molar-refractivity contribution in [3.63, 3.8) is 0 Å². The minimum atomic E-state index is -0.513. The Morgan fingerprint density at radius 1 is 1.21 bits per heavy atom. The number of benzene rings is 2. The van der Waals surface area contributed by atoms with E-state index >= 15 is 0 Å². The number of nitrogens with zero attached hydrogens (tertiary/aromatic N) is 2. The van der Waals surface area contributed by atoms with E-state index in [9.17, 15) is 14.9 Å². The molecule has 7 nitrogen and oxygen atoms in total. The number of para-hydroxylation sites is 3. The van der Waals surface area contributed by atoms with Crippen LogP contribution < -0.4 is 10.1 Å². The first-order valence-electron chi connectivity index (χ1n) is 7.27. The lowest BCUT2D eigenvalue weighted by molar-refractivity contribution is -0.385. The molecule has 24 heavy (non-hydrogen) atoms. The fraction of sp³-hybridized carbons (Fsp3) is 0.176. The molecule has 2 aromatic rings. The second-order valence-corrected chi connectivity index (χ2v) is 4.88. The molecule has 0 saturated carbocycles. The van der Waals surface area contributed by atoms with E-state index in [0.717, 1.165) is 0 Å². The molecule has 0 fully saturated rings. The molecule has 0 radical (unpaired) electrons.